The topological polar surface area (TPSA) is 52.7 Å². The number of nitrogens with one attached hydrogen (secondary N) is 1. The number of carbonyl (C=O) groups excluding carboxylic acids is 2. The van der Waals surface area contributed by atoms with Crippen molar-refractivity contribution in [3.63, 3.8) is 0 Å². The van der Waals surface area contributed by atoms with Crippen molar-refractivity contribution < 1.29 is 9.59 Å². The van der Waals surface area contributed by atoms with Crippen LogP contribution < -0.4 is 5.32 Å². The molecule has 148 valence electrons. The predicted octanol–water partition coefficient (Wildman–Crippen LogP) is 4.43. The second-order valence-electron chi connectivity index (χ2n) is 6.56. The molecule has 0 radical (unpaired) electrons. The molecule has 1 heterocycles. The number of benzene rings is 2. The monoisotopic (exact) mass is 439 g/mol. The van der Waals surface area contributed by atoms with Crippen LogP contribution in [0, 0.1) is 0 Å². The minimum Gasteiger partial charge on any atom is -0.336 e. The van der Waals surface area contributed by atoms with E-state index in [1.165, 1.54) is 0 Å². The summed E-state index contributed by atoms with van der Waals surface area (Å²) in [7, 11) is 0. The standard InChI is InChI=1S/C20H20Cl3N3O2/c21-15-3-1-14(2-4-15)20(28)26-11-9-25(10-12-26)8-7-19(27)24-18-13-16(22)5-6-17(18)23/h1-6,13H,7-12H2,(H,24,27). The van der Waals surface area contributed by atoms with Crippen LogP contribution in [0.15, 0.2) is 42.5 Å². The van der Waals surface area contributed by atoms with E-state index in [0.29, 0.717) is 52.4 Å². The predicted molar refractivity (Wildman–Crippen MR) is 114 cm³/mol. The van der Waals surface area contributed by atoms with Gasteiger partial charge in [-0.05, 0) is 42.5 Å². The van der Waals surface area contributed by atoms with E-state index in [9.17, 15) is 9.59 Å². The number of rotatable bonds is 5. The number of carbonyl (C=O) groups is 2. The van der Waals surface area contributed by atoms with Gasteiger partial charge in [0.05, 0.1) is 10.7 Å². The summed E-state index contributed by atoms with van der Waals surface area (Å²) in [5.41, 5.74) is 1.15. The molecule has 2 aromatic carbocycles. The number of amides is 2. The van der Waals surface area contributed by atoms with Gasteiger partial charge in [0.25, 0.3) is 5.91 Å². The van der Waals surface area contributed by atoms with Crippen molar-refractivity contribution in [1.29, 1.82) is 0 Å². The maximum atomic E-state index is 12.5. The molecule has 28 heavy (non-hydrogen) atoms. The van der Waals surface area contributed by atoms with E-state index >= 15 is 0 Å². The lowest BCUT2D eigenvalue weighted by Crippen LogP contribution is -2.49. The van der Waals surface area contributed by atoms with E-state index < -0.39 is 0 Å². The molecule has 0 saturated carbocycles. The maximum absolute atomic E-state index is 12.5. The lowest BCUT2D eigenvalue weighted by Gasteiger charge is -2.34. The first kappa shape index (κ1) is 20.9. The molecule has 0 aliphatic carbocycles. The van der Waals surface area contributed by atoms with Crippen molar-refractivity contribution >= 4 is 52.3 Å². The summed E-state index contributed by atoms with van der Waals surface area (Å²) in [4.78, 5) is 28.7. The van der Waals surface area contributed by atoms with Gasteiger partial charge in [0.2, 0.25) is 5.91 Å². The van der Waals surface area contributed by atoms with Crippen LogP contribution >= 0.6 is 34.8 Å². The van der Waals surface area contributed by atoms with E-state index in [4.69, 9.17) is 34.8 Å². The van der Waals surface area contributed by atoms with Gasteiger partial charge in [-0.2, -0.15) is 0 Å². The highest BCUT2D eigenvalue weighted by Gasteiger charge is 2.22. The summed E-state index contributed by atoms with van der Waals surface area (Å²) < 4.78 is 0. The van der Waals surface area contributed by atoms with Gasteiger partial charge in [-0.15, -0.1) is 0 Å². The summed E-state index contributed by atoms with van der Waals surface area (Å²) in [6.45, 7) is 3.33. The van der Waals surface area contributed by atoms with Crippen LogP contribution in [0.5, 0.6) is 0 Å². The molecule has 1 fully saturated rings. The van der Waals surface area contributed by atoms with Gasteiger partial charge >= 0.3 is 0 Å². The van der Waals surface area contributed by atoms with E-state index in [1.54, 1.807) is 42.5 Å². The maximum Gasteiger partial charge on any atom is 0.253 e. The first-order chi connectivity index (χ1) is 13.4. The second kappa shape index (κ2) is 9.61. The highest BCUT2D eigenvalue weighted by molar-refractivity contribution is 6.35. The van der Waals surface area contributed by atoms with Crippen LogP contribution in [0.4, 0.5) is 5.69 Å². The number of nitrogens with zero attached hydrogens (tertiary/aromatic N) is 2. The van der Waals surface area contributed by atoms with Crippen LogP contribution in [0.25, 0.3) is 0 Å². The largest absolute Gasteiger partial charge is 0.336 e. The van der Waals surface area contributed by atoms with E-state index in [2.05, 4.69) is 10.2 Å². The van der Waals surface area contributed by atoms with Gasteiger partial charge in [0, 0.05) is 54.8 Å². The Morgan fingerprint density at radius 3 is 2.21 bits per heavy atom. The molecule has 0 unspecified atom stereocenters. The Hall–Kier alpha value is -1.79. The minimum atomic E-state index is -0.121. The first-order valence-corrected chi connectivity index (χ1v) is 10.1. The van der Waals surface area contributed by atoms with Crippen molar-refractivity contribution in [3.05, 3.63) is 63.1 Å². The molecular formula is C20H20Cl3N3O2. The van der Waals surface area contributed by atoms with Crippen molar-refractivity contribution in [2.24, 2.45) is 0 Å². The normalized spacial score (nSPS) is 14.8. The van der Waals surface area contributed by atoms with Crippen molar-refractivity contribution in [2.45, 2.75) is 6.42 Å². The zero-order valence-electron chi connectivity index (χ0n) is 15.1. The molecule has 0 atom stereocenters. The Labute approximate surface area is 179 Å². The Morgan fingerprint density at radius 1 is 0.893 bits per heavy atom. The fourth-order valence-electron chi connectivity index (χ4n) is 3.02. The minimum absolute atomic E-state index is 0.00431. The molecule has 8 heteroatoms. The quantitative estimate of drug-likeness (QED) is 0.748. The van der Waals surface area contributed by atoms with Gasteiger partial charge in [-0.1, -0.05) is 34.8 Å². The average Bonchev–Trinajstić information content (AvgIpc) is 2.70. The van der Waals surface area contributed by atoms with Crippen molar-refractivity contribution in [1.82, 2.24) is 9.80 Å². The molecule has 1 aliphatic rings. The van der Waals surface area contributed by atoms with Gasteiger partial charge in [0.15, 0.2) is 0 Å². The molecular weight excluding hydrogens is 421 g/mol. The smallest absolute Gasteiger partial charge is 0.253 e. The van der Waals surface area contributed by atoms with E-state index in [0.717, 1.165) is 13.1 Å². The lowest BCUT2D eigenvalue weighted by atomic mass is 10.2. The lowest BCUT2D eigenvalue weighted by molar-refractivity contribution is -0.116. The molecule has 5 nitrogen and oxygen atoms in total. The second-order valence-corrected chi connectivity index (χ2v) is 7.84. The van der Waals surface area contributed by atoms with Crippen LogP contribution in [0.1, 0.15) is 16.8 Å². The van der Waals surface area contributed by atoms with E-state index in [-0.39, 0.29) is 11.8 Å². The van der Waals surface area contributed by atoms with E-state index in [1.807, 2.05) is 4.90 Å². The third kappa shape index (κ3) is 5.61. The molecule has 3 rings (SSSR count). The summed E-state index contributed by atoms with van der Waals surface area (Å²) in [6.07, 6.45) is 0.341. The zero-order chi connectivity index (χ0) is 20.1. The van der Waals surface area contributed by atoms with Crippen LogP contribution in [0.2, 0.25) is 15.1 Å². The van der Waals surface area contributed by atoms with Gasteiger partial charge in [-0.25, -0.2) is 0 Å². The molecule has 2 amide bonds. The first-order valence-electron chi connectivity index (χ1n) is 8.94. The van der Waals surface area contributed by atoms with Crippen LogP contribution in [0.3, 0.4) is 0 Å². The van der Waals surface area contributed by atoms with Gasteiger partial charge in [0.1, 0.15) is 0 Å². The number of piperazine rings is 1. The average molecular weight is 441 g/mol. The molecule has 1 N–H and O–H groups in total. The van der Waals surface area contributed by atoms with Crippen LogP contribution in [-0.4, -0.2) is 54.3 Å². The molecule has 1 saturated heterocycles. The molecule has 0 bridgehead atoms. The molecule has 1 aliphatic heterocycles. The van der Waals surface area contributed by atoms with Gasteiger partial charge in [-0.3, -0.25) is 14.5 Å². The molecule has 2 aromatic rings. The summed E-state index contributed by atoms with van der Waals surface area (Å²) >= 11 is 17.9. The Balaban J connectivity index is 1.44. The highest BCUT2D eigenvalue weighted by atomic mass is 35.5. The third-order valence-electron chi connectivity index (χ3n) is 4.61. The fraction of sp³-hybridized carbons (Fsp3) is 0.300. The Morgan fingerprint density at radius 2 is 1.54 bits per heavy atom. The number of hydrogen-bond acceptors (Lipinski definition) is 3. The van der Waals surface area contributed by atoms with Crippen molar-refractivity contribution in [3.8, 4) is 0 Å². The summed E-state index contributed by atoms with van der Waals surface area (Å²) in [5, 5.41) is 4.36. The number of anilines is 1. The van der Waals surface area contributed by atoms with Crippen LogP contribution in [-0.2, 0) is 4.79 Å². The van der Waals surface area contributed by atoms with Gasteiger partial charge < -0.3 is 10.2 Å². The Bertz CT molecular complexity index is 850. The van der Waals surface area contributed by atoms with Crippen molar-refractivity contribution in [2.75, 3.05) is 38.0 Å². The fourth-order valence-corrected chi connectivity index (χ4v) is 3.48. The summed E-state index contributed by atoms with van der Waals surface area (Å²) in [6, 6.07) is 11.9. The summed E-state index contributed by atoms with van der Waals surface area (Å²) in [5.74, 6) is -0.117. The highest BCUT2D eigenvalue weighted by Crippen LogP contribution is 2.25. The SMILES string of the molecule is O=C(CCN1CCN(C(=O)c2ccc(Cl)cc2)CC1)Nc1cc(Cl)ccc1Cl. The number of halogens is 3. The Kier molecular flexibility index (Phi) is 7.18. The number of hydrogen-bond donors (Lipinski definition) is 1. The molecule has 0 spiro atoms. The third-order valence-corrected chi connectivity index (χ3v) is 5.42. The zero-order valence-corrected chi connectivity index (χ0v) is 17.4. The molecule has 0 aromatic heterocycles.